The molecule has 5 heteroatoms. The van der Waals surface area contributed by atoms with E-state index in [2.05, 4.69) is 11.0 Å². The van der Waals surface area contributed by atoms with E-state index < -0.39 is 0 Å². The van der Waals surface area contributed by atoms with Gasteiger partial charge in [-0.05, 0) is 43.5 Å². The van der Waals surface area contributed by atoms with Crippen LogP contribution in [-0.4, -0.2) is 28.8 Å². The first-order chi connectivity index (χ1) is 12.1. The molecule has 1 aromatic carbocycles. The lowest BCUT2D eigenvalue weighted by Crippen LogP contribution is -2.15. The molecule has 0 N–H and O–H groups in total. The highest BCUT2D eigenvalue weighted by atomic mass is 16.5. The molecule has 0 amide bonds. The van der Waals surface area contributed by atoms with Gasteiger partial charge in [0.25, 0.3) is 0 Å². The fraction of sp³-hybridized carbons (Fsp3) is 0.300. The summed E-state index contributed by atoms with van der Waals surface area (Å²) in [7, 11) is 1.87. The second kappa shape index (κ2) is 7.27. The van der Waals surface area contributed by atoms with Gasteiger partial charge in [-0.3, -0.25) is 9.48 Å². The van der Waals surface area contributed by atoms with Gasteiger partial charge >= 0.3 is 0 Å². The number of rotatable bonds is 5. The van der Waals surface area contributed by atoms with Crippen LogP contribution in [0.3, 0.4) is 0 Å². The van der Waals surface area contributed by atoms with Crippen LogP contribution in [0.15, 0.2) is 30.0 Å². The maximum atomic E-state index is 12.7. The van der Waals surface area contributed by atoms with Gasteiger partial charge in [-0.1, -0.05) is 12.0 Å². The normalized spacial score (nSPS) is 14.9. The first kappa shape index (κ1) is 16.8. The number of ether oxygens (including phenoxy) is 2. The third kappa shape index (κ3) is 3.43. The van der Waals surface area contributed by atoms with Crippen LogP contribution >= 0.6 is 0 Å². The lowest BCUT2D eigenvalue weighted by molar-refractivity contribution is 0.102. The van der Waals surface area contributed by atoms with E-state index in [1.807, 2.05) is 38.2 Å². The van der Waals surface area contributed by atoms with Crippen molar-refractivity contribution in [2.75, 3.05) is 13.2 Å². The average molecular weight is 336 g/mol. The number of fused-ring (bicyclic) bond motifs is 1. The van der Waals surface area contributed by atoms with E-state index in [-0.39, 0.29) is 12.4 Å². The minimum Gasteiger partial charge on any atom is -0.490 e. The number of hydrogen-bond donors (Lipinski definition) is 0. The maximum absolute atomic E-state index is 12.7. The molecule has 3 rings (SSSR count). The molecule has 0 saturated carbocycles. The highest BCUT2D eigenvalue weighted by molar-refractivity contribution is 6.12. The molecule has 5 nitrogen and oxygen atoms in total. The Balaban J connectivity index is 1.89. The smallest absolute Gasteiger partial charge is 0.192 e. The Hall–Kier alpha value is -3.00. The molecule has 2 aromatic rings. The Morgan fingerprint density at radius 2 is 2.16 bits per heavy atom. The third-order valence-corrected chi connectivity index (χ3v) is 4.15. The van der Waals surface area contributed by atoms with Crippen molar-refractivity contribution >= 4 is 11.9 Å². The summed E-state index contributed by atoms with van der Waals surface area (Å²) in [5.74, 6) is 3.71. The highest BCUT2D eigenvalue weighted by Crippen LogP contribution is 2.31. The molecule has 1 aliphatic rings. The Morgan fingerprint density at radius 1 is 1.32 bits per heavy atom. The van der Waals surface area contributed by atoms with Gasteiger partial charge in [0.05, 0.1) is 18.4 Å². The number of aromatic nitrogens is 2. The van der Waals surface area contributed by atoms with E-state index >= 15 is 0 Å². The molecule has 25 heavy (non-hydrogen) atoms. The van der Waals surface area contributed by atoms with Gasteiger partial charge in [0.2, 0.25) is 0 Å². The lowest BCUT2D eigenvalue weighted by Gasteiger charge is -2.15. The van der Waals surface area contributed by atoms with Crippen LogP contribution < -0.4 is 9.47 Å². The standard InChI is InChI=1S/C20H20N2O3/c1-4-10-25-18-9-6-14(12-19(18)24-5-2)11-15-7-8-17-16(20(15)23)13-21-22(17)3/h1,6,9,11-13H,5,7-8,10H2,2-3H3/b15-11+. The van der Waals surface area contributed by atoms with Gasteiger partial charge in [-0.2, -0.15) is 5.10 Å². The van der Waals surface area contributed by atoms with Crippen LogP contribution in [0.2, 0.25) is 0 Å². The summed E-state index contributed by atoms with van der Waals surface area (Å²) in [4.78, 5) is 12.7. The van der Waals surface area contributed by atoms with Crippen molar-refractivity contribution in [2.24, 2.45) is 7.05 Å². The van der Waals surface area contributed by atoms with Crippen molar-refractivity contribution in [1.82, 2.24) is 9.78 Å². The zero-order valence-electron chi connectivity index (χ0n) is 14.4. The van der Waals surface area contributed by atoms with Gasteiger partial charge < -0.3 is 9.47 Å². The summed E-state index contributed by atoms with van der Waals surface area (Å²) in [6.45, 7) is 2.61. The topological polar surface area (TPSA) is 53.4 Å². The molecule has 0 fully saturated rings. The van der Waals surface area contributed by atoms with E-state index in [1.165, 1.54) is 0 Å². The zero-order chi connectivity index (χ0) is 17.8. The Labute approximate surface area is 147 Å². The van der Waals surface area contributed by atoms with Crippen LogP contribution in [0.1, 0.15) is 35.0 Å². The lowest BCUT2D eigenvalue weighted by atomic mass is 9.90. The summed E-state index contributed by atoms with van der Waals surface area (Å²) in [5.41, 5.74) is 3.36. The number of Topliss-reactive ketones (excluding diaryl/α,β-unsaturated/α-hetero) is 1. The van der Waals surface area contributed by atoms with E-state index in [1.54, 1.807) is 10.9 Å². The van der Waals surface area contributed by atoms with Gasteiger partial charge in [0.1, 0.15) is 6.61 Å². The number of terminal acetylenes is 1. The summed E-state index contributed by atoms with van der Waals surface area (Å²) >= 11 is 0. The first-order valence-corrected chi connectivity index (χ1v) is 8.23. The van der Waals surface area contributed by atoms with Crippen LogP contribution in [-0.2, 0) is 13.5 Å². The quantitative estimate of drug-likeness (QED) is 0.622. The summed E-state index contributed by atoms with van der Waals surface area (Å²) in [6, 6.07) is 5.58. The van der Waals surface area contributed by atoms with Crippen LogP contribution in [0, 0.1) is 12.3 Å². The molecule has 0 radical (unpaired) electrons. The van der Waals surface area contributed by atoms with Gasteiger partial charge in [-0.25, -0.2) is 0 Å². The Morgan fingerprint density at radius 3 is 2.92 bits per heavy atom. The van der Waals surface area contributed by atoms with Gasteiger partial charge in [-0.15, -0.1) is 6.42 Å². The number of nitrogens with zero attached hydrogens (tertiary/aromatic N) is 2. The molecule has 1 aromatic heterocycles. The van der Waals surface area contributed by atoms with E-state index in [0.29, 0.717) is 30.1 Å². The fourth-order valence-corrected chi connectivity index (χ4v) is 2.95. The van der Waals surface area contributed by atoms with Gasteiger partial charge in [0, 0.05) is 18.3 Å². The van der Waals surface area contributed by atoms with Crippen LogP contribution in [0.25, 0.3) is 6.08 Å². The number of benzene rings is 1. The second-order valence-electron chi connectivity index (χ2n) is 5.76. The minimum absolute atomic E-state index is 0.0416. The monoisotopic (exact) mass is 336 g/mol. The van der Waals surface area contributed by atoms with Gasteiger partial charge in [0.15, 0.2) is 17.3 Å². The van der Waals surface area contributed by atoms with Crippen molar-refractivity contribution in [3.05, 3.63) is 46.8 Å². The van der Waals surface area contributed by atoms with Crippen molar-refractivity contribution in [3.8, 4) is 23.8 Å². The maximum Gasteiger partial charge on any atom is 0.192 e. The van der Waals surface area contributed by atoms with Crippen LogP contribution in [0.5, 0.6) is 11.5 Å². The number of hydrogen-bond acceptors (Lipinski definition) is 4. The molecular formula is C20H20N2O3. The van der Waals surface area contributed by atoms with Crippen molar-refractivity contribution in [2.45, 2.75) is 19.8 Å². The van der Waals surface area contributed by atoms with Crippen LogP contribution in [0.4, 0.5) is 0 Å². The summed E-state index contributed by atoms with van der Waals surface area (Å²) < 4.78 is 12.9. The molecule has 1 heterocycles. The number of carbonyl (C=O) groups is 1. The second-order valence-corrected chi connectivity index (χ2v) is 5.76. The molecule has 0 unspecified atom stereocenters. The molecule has 0 spiro atoms. The molecule has 0 bridgehead atoms. The Kier molecular flexibility index (Phi) is 4.90. The molecule has 128 valence electrons. The molecular weight excluding hydrogens is 316 g/mol. The number of aryl methyl sites for hydroxylation is 1. The number of allylic oxidation sites excluding steroid dienone is 1. The van der Waals surface area contributed by atoms with E-state index in [9.17, 15) is 4.79 Å². The Bertz CT molecular complexity index is 872. The third-order valence-electron chi connectivity index (χ3n) is 4.15. The van der Waals surface area contributed by atoms with E-state index in [0.717, 1.165) is 23.3 Å². The fourth-order valence-electron chi connectivity index (χ4n) is 2.95. The predicted molar refractivity (Wildman–Crippen MR) is 95.8 cm³/mol. The zero-order valence-corrected chi connectivity index (χ0v) is 14.4. The first-order valence-electron chi connectivity index (χ1n) is 8.23. The number of carbonyl (C=O) groups excluding carboxylic acids is 1. The van der Waals surface area contributed by atoms with Crippen molar-refractivity contribution < 1.29 is 14.3 Å². The molecule has 1 aliphatic carbocycles. The van der Waals surface area contributed by atoms with E-state index in [4.69, 9.17) is 15.9 Å². The van der Waals surface area contributed by atoms with Crippen molar-refractivity contribution in [3.63, 3.8) is 0 Å². The summed E-state index contributed by atoms with van der Waals surface area (Å²) in [5, 5.41) is 4.18. The molecule has 0 atom stereocenters. The SMILES string of the molecule is C#CCOc1ccc(/C=C2\CCc3c(cnn3C)C2=O)cc1OCC. The molecule has 0 aliphatic heterocycles. The summed E-state index contributed by atoms with van der Waals surface area (Å²) in [6.07, 6.45) is 10.3. The number of ketones is 1. The minimum atomic E-state index is 0.0416. The van der Waals surface area contributed by atoms with Crippen molar-refractivity contribution in [1.29, 1.82) is 0 Å². The molecule has 0 saturated heterocycles. The average Bonchev–Trinajstić information content (AvgIpc) is 2.99. The predicted octanol–water partition coefficient (Wildman–Crippen LogP) is 3.04. The largest absolute Gasteiger partial charge is 0.490 e. The highest BCUT2D eigenvalue weighted by Gasteiger charge is 2.25.